The first-order valence-corrected chi connectivity index (χ1v) is 9.83. The van der Waals surface area contributed by atoms with Crippen molar-refractivity contribution < 1.29 is 9.53 Å². The summed E-state index contributed by atoms with van der Waals surface area (Å²) >= 11 is 0. The third-order valence-corrected chi connectivity index (χ3v) is 5.09. The lowest BCUT2D eigenvalue weighted by atomic mass is 9.96. The van der Waals surface area contributed by atoms with Crippen LogP contribution in [0.3, 0.4) is 0 Å². The predicted molar refractivity (Wildman–Crippen MR) is 106 cm³/mol. The van der Waals surface area contributed by atoms with Crippen LogP contribution in [0.5, 0.6) is 0 Å². The molecule has 3 heterocycles. The quantitative estimate of drug-likeness (QED) is 0.751. The maximum Gasteiger partial charge on any atom is 0.224 e. The van der Waals surface area contributed by atoms with Gasteiger partial charge in [-0.2, -0.15) is 0 Å². The fourth-order valence-electron chi connectivity index (χ4n) is 3.59. The van der Waals surface area contributed by atoms with Gasteiger partial charge in [0.25, 0.3) is 0 Å². The highest BCUT2D eigenvalue weighted by atomic mass is 16.5. The van der Waals surface area contributed by atoms with Crippen LogP contribution in [-0.2, 0) is 22.4 Å². The van der Waals surface area contributed by atoms with Crippen molar-refractivity contribution in [3.05, 3.63) is 23.7 Å². The van der Waals surface area contributed by atoms with Crippen molar-refractivity contribution in [2.24, 2.45) is 5.92 Å². The van der Waals surface area contributed by atoms with E-state index in [9.17, 15) is 4.79 Å². The molecule has 0 saturated carbocycles. The van der Waals surface area contributed by atoms with Crippen molar-refractivity contribution >= 4 is 22.8 Å². The predicted octanol–water partition coefficient (Wildman–Crippen LogP) is 2.13. The zero-order valence-electron chi connectivity index (χ0n) is 16.5. The van der Waals surface area contributed by atoms with Gasteiger partial charge in [-0.1, -0.05) is 13.8 Å². The van der Waals surface area contributed by atoms with E-state index in [0.717, 1.165) is 54.8 Å². The number of nitrogens with zero attached hydrogens (tertiary/aromatic N) is 4. The monoisotopic (exact) mass is 371 g/mol. The zero-order chi connectivity index (χ0) is 19.2. The number of fused-ring (bicyclic) bond motifs is 1. The lowest BCUT2D eigenvalue weighted by molar-refractivity contribution is -0.125. The van der Waals surface area contributed by atoms with Crippen molar-refractivity contribution in [1.82, 2.24) is 20.3 Å². The number of hydrogen-bond acceptors (Lipinski definition) is 6. The molecule has 0 bridgehead atoms. The van der Waals surface area contributed by atoms with E-state index >= 15 is 0 Å². The Kier molecular flexibility index (Phi) is 6.55. The van der Waals surface area contributed by atoms with E-state index in [1.807, 2.05) is 6.20 Å². The maximum absolute atomic E-state index is 12.4. The van der Waals surface area contributed by atoms with E-state index in [1.165, 1.54) is 0 Å². The Balaban J connectivity index is 1.76. The molecule has 1 atom stereocenters. The van der Waals surface area contributed by atoms with Crippen LogP contribution in [0.25, 0.3) is 11.2 Å². The number of aromatic nitrogens is 3. The van der Waals surface area contributed by atoms with Gasteiger partial charge >= 0.3 is 0 Å². The van der Waals surface area contributed by atoms with Gasteiger partial charge in [-0.3, -0.25) is 4.79 Å². The molecule has 27 heavy (non-hydrogen) atoms. The number of aryl methyl sites for hydroxylation is 2. The molecule has 1 amide bonds. The number of amides is 1. The fraction of sp³-hybridized carbons (Fsp3) is 0.600. The summed E-state index contributed by atoms with van der Waals surface area (Å²) in [5, 5.41) is 2.95. The average molecular weight is 371 g/mol. The standard InChI is InChI=1S/C20H29N5O2/c1-4-16-17(5-2)24-19-18(23-16)11-15(12-22-19)25-9-6-7-14(13-25)20(26)21-8-10-27-3/h11-12,14H,4-10,13H2,1-3H3,(H,21,26). The van der Waals surface area contributed by atoms with Gasteiger partial charge in [0.2, 0.25) is 5.91 Å². The lowest BCUT2D eigenvalue weighted by Crippen LogP contribution is -2.43. The van der Waals surface area contributed by atoms with Crippen molar-refractivity contribution in [3.63, 3.8) is 0 Å². The molecule has 1 unspecified atom stereocenters. The van der Waals surface area contributed by atoms with Crippen LogP contribution in [-0.4, -0.2) is 54.2 Å². The number of piperidine rings is 1. The van der Waals surface area contributed by atoms with Crippen molar-refractivity contribution in [2.45, 2.75) is 39.5 Å². The lowest BCUT2D eigenvalue weighted by Gasteiger charge is -2.33. The van der Waals surface area contributed by atoms with E-state index < -0.39 is 0 Å². The molecule has 7 heteroatoms. The van der Waals surface area contributed by atoms with Crippen LogP contribution in [0.4, 0.5) is 5.69 Å². The summed E-state index contributed by atoms with van der Waals surface area (Å²) in [6, 6.07) is 2.05. The first kappa shape index (κ1) is 19.5. The summed E-state index contributed by atoms with van der Waals surface area (Å²) in [6.07, 6.45) is 5.48. The second-order valence-electron chi connectivity index (χ2n) is 6.93. The van der Waals surface area contributed by atoms with Gasteiger partial charge in [-0.15, -0.1) is 0 Å². The minimum absolute atomic E-state index is 0.00828. The summed E-state index contributed by atoms with van der Waals surface area (Å²) in [7, 11) is 1.64. The Morgan fingerprint density at radius 3 is 2.81 bits per heavy atom. The molecule has 0 aromatic carbocycles. The largest absolute Gasteiger partial charge is 0.383 e. The fourth-order valence-corrected chi connectivity index (χ4v) is 3.59. The molecule has 0 radical (unpaired) electrons. The van der Waals surface area contributed by atoms with Gasteiger partial charge in [0.05, 0.1) is 35.8 Å². The number of nitrogens with one attached hydrogen (secondary N) is 1. The Morgan fingerprint density at radius 1 is 1.30 bits per heavy atom. The molecular formula is C20H29N5O2. The highest BCUT2D eigenvalue weighted by Crippen LogP contribution is 2.25. The third kappa shape index (κ3) is 4.53. The molecule has 3 rings (SSSR count). The molecule has 1 saturated heterocycles. The normalized spacial score (nSPS) is 17.3. The van der Waals surface area contributed by atoms with E-state index in [-0.39, 0.29) is 11.8 Å². The molecule has 1 fully saturated rings. The summed E-state index contributed by atoms with van der Waals surface area (Å²) in [5.74, 6) is 0.0946. The van der Waals surface area contributed by atoms with Gasteiger partial charge in [0.15, 0.2) is 5.65 Å². The number of hydrogen-bond donors (Lipinski definition) is 1. The summed E-state index contributed by atoms with van der Waals surface area (Å²) < 4.78 is 5.00. The second-order valence-corrected chi connectivity index (χ2v) is 6.93. The molecule has 1 aliphatic rings. The van der Waals surface area contributed by atoms with Crippen LogP contribution in [0.2, 0.25) is 0 Å². The van der Waals surface area contributed by atoms with Crippen LogP contribution >= 0.6 is 0 Å². The topological polar surface area (TPSA) is 80.2 Å². The number of methoxy groups -OCH3 is 1. The highest BCUT2D eigenvalue weighted by Gasteiger charge is 2.26. The maximum atomic E-state index is 12.4. The third-order valence-electron chi connectivity index (χ3n) is 5.09. The van der Waals surface area contributed by atoms with Gasteiger partial charge < -0.3 is 15.0 Å². The van der Waals surface area contributed by atoms with Crippen molar-refractivity contribution in [1.29, 1.82) is 0 Å². The van der Waals surface area contributed by atoms with Crippen LogP contribution in [0, 0.1) is 5.92 Å². The van der Waals surface area contributed by atoms with Crippen LogP contribution in [0.15, 0.2) is 12.3 Å². The number of rotatable bonds is 7. The van der Waals surface area contributed by atoms with Gasteiger partial charge in [0, 0.05) is 26.7 Å². The average Bonchev–Trinajstić information content (AvgIpc) is 2.72. The Bertz CT molecular complexity index is 795. The van der Waals surface area contributed by atoms with E-state index in [1.54, 1.807) is 7.11 Å². The summed E-state index contributed by atoms with van der Waals surface area (Å²) in [6.45, 7) is 6.91. The highest BCUT2D eigenvalue weighted by molar-refractivity contribution is 5.80. The molecule has 2 aromatic heterocycles. The molecule has 1 aliphatic heterocycles. The van der Waals surface area contributed by atoms with Gasteiger partial charge in [-0.05, 0) is 31.7 Å². The minimum Gasteiger partial charge on any atom is -0.383 e. The number of pyridine rings is 1. The van der Waals surface area contributed by atoms with E-state index in [4.69, 9.17) is 9.72 Å². The molecule has 0 spiro atoms. The molecular weight excluding hydrogens is 342 g/mol. The molecule has 146 valence electrons. The SMILES string of the molecule is CCc1nc2cc(N3CCCC(C(=O)NCCOC)C3)cnc2nc1CC. The smallest absolute Gasteiger partial charge is 0.224 e. The Hall–Kier alpha value is -2.28. The van der Waals surface area contributed by atoms with Gasteiger partial charge in [-0.25, -0.2) is 15.0 Å². The summed E-state index contributed by atoms with van der Waals surface area (Å²) in [5.41, 5.74) is 4.60. The molecule has 7 nitrogen and oxygen atoms in total. The van der Waals surface area contributed by atoms with Gasteiger partial charge in [0.1, 0.15) is 5.52 Å². The van der Waals surface area contributed by atoms with Crippen molar-refractivity contribution in [3.8, 4) is 0 Å². The zero-order valence-corrected chi connectivity index (χ0v) is 16.5. The Labute approximate surface area is 160 Å². The minimum atomic E-state index is -0.00828. The van der Waals surface area contributed by atoms with E-state index in [2.05, 4.69) is 40.1 Å². The first-order valence-electron chi connectivity index (χ1n) is 9.83. The van der Waals surface area contributed by atoms with Crippen LogP contribution < -0.4 is 10.2 Å². The molecule has 0 aliphatic carbocycles. The second kappa shape index (κ2) is 9.08. The number of anilines is 1. The van der Waals surface area contributed by atoms with Crippen molar-refractivity contribution in [2.75, 3.05) is 38.3 Å². The number of carbonyl (C=O) groups excluding carboxylic acids is 1. The molecule has 1 N–H and O–H groups in total. The summed E-state index contributed by atoms with van der Waals surface area (Å²) in [4.78, 5) is 28.6. The van der Waals surface area contributed by atoms with E-state index in [0.29, 0.717) is 25.3 Å². The number of ether oxygens (including phenoxy) is 1. The Morgan fingerprint density at radius 2 is 2.07 bits per heavy atom. The number of carbonyl (C=O) groups is 1. The first-order chi connectivity index (χ1) is 13.2. The molecule has 2 aromatic rings. The van der Waals surface area contributed by atoms with Crippen LogP contribution in [0.1, 0.15) is 38.1 Å².